The van der Waals surface area contributed by atoms with E-state index in [-0.39, 0.29) is 18.7 Å². The number of anilines is 1. The highest BCUT2D eigenvalue weighted by molar-refractivity contribution is 7.14. The molecule has 0 aliphatic carbocycles. The molecule has 12 heteroatoms. The van der Waals surface area contributed by atoms with Gasteiger partial charge in [0.2, 0.25) is 0 Å². The number of ether oxygens (including phenoxy) is 3. The molecular weight excluding hydrogens is 647 g/mol. The Kier molecular flexibility index (Phi) is 12.9. The van der Waals surface area contributed by atoms with Crippen LogP contribution in [0.15, 0.2) is 108 Å². The number of thiazole rings is 2. The number of nitrogens with zero attached hydrogens (tertiary/aromatic N) is 4. The summed E-state index contributed by atoms with van der Waals surface area (Å²) in [6, 6.07) is 27.4. The highest BCUT2D eigenvalue weighted by atomic mass is 32.1. The summed E-state index contributed by atoms with van der Waals surface area (Å²) < 4.78 is 16.4. The van der Waals surface area contributed by atoms with Crippen LogP contribution in [-0.2, 0) is 35.5 Å². The number of hydrogen-bond donors (Lipinski definition) is 1. The van der Waals surface area contributed by atoms with E-state index in [1.165, 1.54) is 29.8 Å². The molecule has 2 aromatic heterocycles. The minimum Gasteiger partial charge on any atom is -0.497 e. The predicted octanol–water partition coefficient (Wildman–Crippen LogP) is 6.83. The van der Waals surface area contributed by atoms with E-state index in [0.29, 0.717) is 37.5 Å². The van der Waals surface area contributed by atoms with Crippen molar-refractivity contribution in [2.75, 3.05) is 32.2 Å². The molecule has 10 nitrogen and oxygen atoms in total. The van der Waals surface area contributed by atoms with Gasteiger partial charge in [-0.3, -0.25) is 19.8 Å². The van der Waals surface area contributed by atoms with Gasteiger partial charge in [0.1, 0.15) is 17.4 Å². The zero-order valence-corrected chi connectivity index (χ0v) is 28.6. The first-order chi connectivity index (χ1) is 23.5. The van der Waals surface area contributed by atoms with Crippen LogP contribution in [0.1, 0.15) is 21.6 Å². The summed E-state index contributed by atoms with van der Waals surface area (Å²) in [5.74, 6) is 0.750. The van der Waals surface area contributed by atoms with E-state index in [9.17, 15) is 9.59 Å². The Labute approximate surface area is 288 Å². The molecule has 0 radical (unpaired) electrons. The van der Waals surface area contributed by atoms with Crippen molar-refractivity contribution < 1.29 is 23.8 Å². The first kappa shape index (κ1) is 34.6. The molecule has 0 aliphatic heterocycles. The SMILES string of the molecule is COC(=O)N(c1cncs1)[C@@H](Cc1ccccc1)CN(Cc1cccc(OC)c1)C[C@@H](Cc1ccccc1)NC(=O)OCc1cncs1. The molecule has 1 N–H and O–H groups in total. The zero-order valence-electron chi connectivity index (χ0n) is 26.9. The zero-order chi connectivity index (χ0) is 33.6. The van der Waals surface area contributed by atoms with Crippen LogP contribution in [-0.4, -0.2) is 66.4 Å². The van der Waals surface area contributed by atoms with Gasteiger partial charge in [-0.1, -0.05) is 72.8 Å². The number of nitrogens with one attached hydrogen (secondary N) is 1. The first-order valence-corrected chi connectivity index (χ1v) is 17.3. The summed E-state index contributed by atoms with van der Waals surface area (Å²) in [6.07, 6.45) is 3.54. The van der Waals surface area contributed by atoms with Gasteiger partial charge in [-0.05, 0) is 41.7 Å². The Morgan fingerprint density at radius 1 is 0.812 bits per heavy atom. The lowest BCUT2D eigenvalue weighted by Gasteiger charge is -2.35. The van der Waals surface area contributed by atoms with Gasteiger partial charge in [0, 0.05) is 31.9 Å². The van der Waals surface area contributed by atoms with Crippen LogP contribution in [0.3, 0.4) is 0 Å². The lowest BCUT2D eigenvalue weighted by molar-refractivity contribution is 0.130. The first-order valence-electron chi connectivity index (χ1n) is 15.5. The smallest absolute Gasteiger partial charge is 0.415 e. The number of rotatable bonds is 16. The number of carbonyl (C=O) groups excluding carboxylic acids is 2. The van der Waals surface area contributed by atoms with Gasteiger partial charge in [-0.25, -0.2) is 9.59 Å². The largest absolute Gasteiger partial charge is 0.497 e. The molecule has 3 aromatic carbocycles. The van der Waals surface area contributed by atoms with Crippen molar-refractivity contribution in [2.24, 2.45) is 0 Å². The molecule has 0 spiro atoms. The van der Waals surface area contributed by atoms with E-state index in [1.54, 1.807) is 35.4 Å². The van der Waals surface area contributed by atoms with Crippen LogP contribution in [0.2, 0.25) is 0 Å². The maximum atomic E-state index is 13.4. The summed E-state index contributed by atoms with van der Waals surface area (Å²) in [5.41, 5.74) is 6.60. The molecule has 0 saturated carbocycles. The molecule has 0 unspecified atom stereocenters. The van der Waals surface area contributed by atoms with Gasteiger partial charge < -0.3 is 19.5 Å². The number of methoxy groups -OCH3 is 2. The highest BCUT2D eigenvalue weighted by Crippen LogP contribution is 2.26. The maximum Gasteiger partial charge on any atom is 0.415 e. The van der Waals surface area contributed by atoms with Crippen molar-refractivity contribution in [3.05, 3.63) is 130 Å². The van der Waals surface area contributed by atoms with Crippen LogP contribution in [0, 0.1) is 0 Å². The van der Waals surface area contributed by atoms with Gasteiger partial charge in [-0.15, -0.1) is 22.7 Å². The Morgan fingerprint density at radius 2 is 1.50 bits per heavy atom. The summed E-state index contributed by atoms with van der Waals surface area (Å²) >= 11 is 2.81. The van der Waals surface area contributed by atoms with E-state index < -0.39 is 12.2 Å². The van der Waals surface area contributed by atoms with Gasteiger partial charge in [0.15, 0.2) is 0 Å². The van der Waals surface area contributed by atoms with Crippen molar-refractivity contribution in [3.8, 4) is 5.75 Å². The quantitative estimate of drug-likeness (QED) is 0.121. The molecule has 0 bridgehead atoms. The van der Waals surface area contributed by atoms with Crippen molar-refractivity contribution in [1.82, 2.24) is 20.2 Å². The third-order valence-electron chi connectivity index (χ3n) is 7.67. The van der Waals surface area contributed by atoms with Crippen molar-refractivity contribution in [1.29, 1.82) is 0 Å². The number of aromatic nitrogens is 2. The Balaban J connectivity index is 1.47. The standard InChI is InChI=1S/C36H39N5O5S2/c1-44-32-15-9-14-29(18-32)21-40(22-30(16-27-10-5-3-6-11-27)39-35(42)46-24-33-19-37-25-47-33)23-31(17-28-12-7-4-8-13-28)41(36(43)45-2)34-20-38-26-48-34/h3-15,18-20,25-26,30-31H,16-17,21-24H2,1-2H3,(H,39,42)/t30-,31+/m1/s1. The lowest BCUT2D eigenvalue weighted by atomic mass is 10.0. The van der Waals surface area contributed by atoms with Gasteiger partial charge in [0.25, 0.3) is 0 Å². The van der Waals surface area contributed by atoms with E-state index in [1.807, 2.05) is 72.8 Å². The lowest BCUT2D eigenvalue weighted by Crippen LogP contribution is -2.51. The molecule has 2 atom stereocenters. The Morgan fingerprint density at radius 3 is 2.15 bits per heavy atom. The normalized spacial score (nSPS) is 12.2. The fourth-order valence-corrected chi connectivity index (χ4v) is 6.72. The summed E-state index contributed by atoms with van der Waals surface area (Å²) in [6.45, 7) is 1.60. The van der Waals surface area contributed by atoms with Gasteiger partial charge in [-0.2, -0.15) is 0 Å². The van der Waals surface area contributed by atoms with Crippen molar-refractivity contribution >= 4 is 39.9 Å². The molecule has 250 valence electrons. The predicted molar refractivity (Wildman–Crippen MR) is 189 cm³/mol. The molecule has 2 heterocycles. The van der Waals surface area contributed by atoms with Crippen LogP contribution < -0.4 is 15.0 Å². The second-order valence-corrected chi connectivity index (χ2v) is 13.0. The molecule has 0 fully saturated rings. The molecule has 5 aromatic rings. The summed E-state index contributed by atoms with van der Waals surface area (Å²) in [5, 5.41) is 3.81. The van der Waals surface area contributed by atoms with Gasteiger partial charge >= 0.3 is 12.2 Å². The Hall–Kier alpha value is -4.78. The third kappa shape index (κ3) is 10.4. The summed E-state index contributed by atoms with van der Waals surface area (Å²) in [7, 11) is 3.04. The van der Waals surface area contributed by atoms with E-state index in [2.05, 4.69) is 32.3 Å². The molecule has 0 aliphatic rings. The molecular formula is C36H39N5O5S2. The molecule has 48 heavy (non-hydrogen) atoms. The van der Waals surface area contributed by atoms with E-state index >= 15 is 0 Å². The highest BCUT2D eigenvalue weighted by Gasteiger charge is 2.31. The fourth-order valence-electron chi connectivity index (χ4n) is 5.53. The van der Waals surface area contributed by atoms with Crippen LogP contribution in [0.25, 0.3) is 0 Å². The number of hydrogen-bond acceptors (Lipinski definition) is 10. The monoisotopic (exact) mass is 685 g/mol. The van der Waals surface area contributed by atoms with Crippen LogP contribution >= 0.6 is 22.7 Å². The van der Waals surface area contributed by atoms with Gasteiger partial charge in [0.05, 0.1) is 42.4 Å². The number of carbonyl (C=O) groups is 2. The van der Waals surface area contributed by atoms with E-state index in [0.717, 1.165) is 27.3 Å². The second-order valence-electron chi connectivity index (χ2n) is 11.1. The van der Waals surface area contributed by atoms with Crippen LogP contribution in [0.5, 0.6) is 5.75 Å². The second kappa shape index (κ2) is 17.9. The van der Waals surface area contributed by atoms with Crippen molar-refractivity contribution in [2.45, 2.75) is 38.1 Å². The topological polar surface area (TPSA) is 106 Å². The average Bonchev–Trinajstić information content (AvgIpc) is 3.84. The summed E-state index contributed by atoms with van der Waals surface area (Å²) in [4.78, 5) is 39.7. The molecule has 2 amide bonds. The Bertz CT molecular complexity index is 1670. The minimum absolute atomic E-state index is 0.143. The fraction of sp³-hybridized carbons (Fsp3) is 0.278. The number of alkyl carbamates (subject to hydrolysis) is 1. The third-order valence-corrected chi connectivity index (χ3v) is 9.19. The number of amides is 2. The number of benzene rings is 3. The average molecular weight is 686 g/mol. The van der Waals surface area contributed by atoms with E-state index in [4.69, 9.17) is 14.2 Å². The maximum absolute atomic E-state index is 13.4. The van der Waals surface area contributed by atoms with Crippen LogP contribution in [0.4, 0.5) is 14.6 Å². The molecule has 5 rings (SSSR count). The molecule has 0 saturated heterocycles. The minimum atomic E-state index is -0.507. The van der Waals surface area contributed by atoms with Crippen molar-refractivity contribution in [3.63, 3.8) is 0 Å².